The van der Waals surface area contributed by atoms with Gasteiger partial charge in [-0.2, -0.15) is 0 Å². The van der Waals surface area contributed by atoms with Gasteiger partial charge in [0, 0.05) is 5.56 Å². The summed E-state index contributed by atoms with van der Waals surface area (Å²) in [5.74, 6) is -2.08. The Morgan fingerprint density at radius 1 is 1.29 bits per heavy atom. The van der Waals surface area contributed by atoms with Crippen LogP contribution in [0.3, 0.4) is 0 Å². The van der Waals surface area contributed by atoms with Gasteiger partial charge >= 0.3 is 5.97 Å². The van der Waals surface area contributed by atoms with Crippen molar-refractivity contribution < 1.29 is 24.2 Å². The van der Waals surface area contributed by atoms with Crippen molar-refractivity contribution in [2.75, 3.05) is 6.61 Å². The summed E-state index contributed by atoms with van der Waals surface area (Å²) in [6, 6.07) is 4.93. The van der Waals surface area contributed by atoms with Gasteiger partial charge in [-0.15, -0.1) is 0 Å². The van der Waals surface area contributed by atoms with Gasteiger partial charge in [-0.3, -0.25) is 9.59 Å². The summed E-state index contributed by atoms with van der Waals surface area (Å²) >= 11 is 0. The van der Waals surface area contributed by atoms with E-state index in [9.17, 15) is 14.4 Å². The van der Waals surface area contributed by atoms with Gasteiger partial charge in [0.05, 0.1) is 13.0 Å². The Morgan fingerprint density at radius 3 is 2.38 bits per heavy atom. The summed E-state index contributed by atoms with van der Waals surface area (Å²) in [6.07, 6.45) is 0.411. The molecule has 1 unspecified atom stereocenters. The van der Waals surface area contributed by atoms with E-state index in [1.807, 2.05) is 6.92 Å². The van der Waals surface area contributed by atoms with Gasteiger partial charge in [0.15, 0.2) is 0 Å². The zero-order valence-electron chi connectivity index (χ0n) is 11.7. The molecule has 0 radical (unpaired) electrons. The van der Waals surface area contributed by atoms with Crippen molar-refractivity contribution in [1.82, 2.24) is 5.32 Å². The molecule has 114 valence electrons. The van der Waals surface area contributed by atoms with E-state index >= 15 is 0 Å². The maximum Gasteiger partial charge on any atom is 0.326 e. The lowest BCUT2D eigenvalue weighted by molar-refractivity contribution is -0.140. The Balaban J connectivity index is 2.69. The first-order valence-corrected chi connectivity index (χ1v) is 6.49. The quantitative estimate of drug-likeness (QED) is 0.646. The van der Waals surface area contributed by atoms with Crippen LogP contribution in [0, 0.1) is 0 Å². The summed E-state index contributed by atoms with van der Waals surface area (Å²) in [5.41, 5.74) is 5.21. The average Bonchev–Trinajstić information content (AvgIpc) is 2.44. The highest BCUT2D eigenvalue weighted by Crippen LogP contribution is 2.12. The zero-order valence-corrected chi connectivity index (χ0v) is 11.7. The Hall–Kier alpha value is -2.57. The first-order chi connectivity index (χ1) is 9.93. The number of nitrogens with one attached hydrogen (secondary N) is 1. The van der Waals surface area contributed by atoms with E-state index in [-0.39, 0.29) is 5.56 Å². The van der Waals surface area contributed by atoms with Crippen molar-refractivity contribution in [2.45, 2.75) is 25.8 Å². The number of hydrogen-bond donors (Lipinski definition) is 3. The fourth-order valence-electron chi connectivity index (χ4n) is 1.57. The highest BCUT2D eigenvalue weighted by molar-refractivity contribution is 5.97. The lowest BCUT2D eigenvalue weighted by Gasteiger charge is -2.13. The van der Waals surface area contributed by atoms with E-state index < -0.39 is 30.2 Å². The van der Waals surface area contributed by atoms with Crippen molar-refractivity contribution in [3.05, 3.63) is 29.8 Å². The number of primary amides is 1. The van der Waals surface area contributed by atoms with Crippen molar-refractivity contribution >= 4 is 17.8 Å². The normalized spacial score (nSPS) is 11.5. The van der Waals surface area contributed by atoms with Crippen LogP contribution in [0.25, 0.3) is 0 Å². The molecule has 0 fully saturated rings. The second kappa shape index (κ2) is 7.88. The molecule has 21 heavy (non-hydrogen) atoms. The highest BCUT2D eigenvalue weighted by Gasteiger charge is 2.22. The molecular weight excluding hydrogens is 276 g/mol. The van der Waals surface area contributed by atoms with Gasteiger partial charge < -0.3 is 20.9 Å². The Labute approximate surface area is 122 Å². The van der Waals surface area contributed by atoms with E-state index in [2.05, 4.69) is 5.32 Å². The van der Waals surface area contributed by atoms with Crippen LogP contribution < -0.4 is 15.8 Å². The van der Waals surface area contributed by atoms with Crippen LogP contribution in [-0.4, -0.2) is 35.5 Å². The number of carbonyl (C=O) groups is 3. The minimum absolute atomic E-state index is 0.273. The predicted molar refractivity (Wildman–Crippen MR) is 74.9 cm³/mol. The molecule has 0 aliphatic carbocycles. The minimum atomic E-state index is -1.34. The Bertz CT molecular complexity index is 513. The number of nitrogens with two attached hydrogens (primary N) is 1. The molecule has 1 aromatic rings. The van der Waals surface area contributed by atoms with E-state index in [1.165, 1.54) is 12.1 Å². The summed E-state index contributed by atoms with van der Waals surface area (Å²) in [5, 5.41) is 11.2. The van der Waals surface area contributed by atoms with Crippen LogP contribution in [0.2, 0.25) is 0 Å². The molecule has 1 atom stereocenters. The third-order valence-corrected chi connectivity index (χ3v) is 2.60. The first kappa shape index (κ1) is 16.5. The third kappa shape index (κ3) is 5.52. The number of carbonyl (C=O) groups excluding carboxylic acids is 2. The smallest absolute Gasteiger partial charge is 0.326 e. The molecule has 0 saturated carbocycles. The van der Waals surface area contributed by atoms with Gasteiger partial charge in [0.25, 0.3) is 5.91 Å². The molecule has 0 aliphatic heterocycles. The lowest BCUT2D eigenvalue weighted by Crippen LogP contribution is -2.43. The molecule has 0 heterocycles. The molecular formula is C14H18N2O5. The number of rotatable bonds is 8. The SMILES string of the molecule is CCCOc1ccc(C(=O)NC(CC(N)=O)C(=O)O)cc1. The molecule has 7 nitrogen and oxygen atoms in total. The number of amides is 2. The minimum Gasteiger partial charge on any atom is -0.494 e. The molecule has 0 saturated heterocycles. The standard InChI is InChI=1S/C14H18N2O5/c1-2-7-21-10-5-3-9(4-6-10)13(18)16-11(14(19)20)8-12(15)17/h3-6,11H,2,7-8H2,1H3,(H2,15,17)(H,16,18)(H,19,20). The molecule has 0 bridgehead atoms. The van der Waals surface area contributed by atoms with Gasteiger partial charge in [-0.05, 0) is 30.7 Å². The van der Waals surface area contributed by atoms with Crippen LogP contribution in [-0.2, 0) is 9.59 Å². The highest BCUT2D eigenvalue weighted by atomic mass is 16.5. The maximum atomic E-state index is 11.9. The molecule has 0 spiro atoms. The molecule has 2 amide bonds. The van der Waals surface area contributed by atoms with Crippen LogP contribution >= 0.6 is 0 Å². The first-order valence-electron chi connectivity index (χ1n) is 6.49. The predicted octanol–water partition coefficient (Wildman–Crippen LogP) is 0.534. The third-order valence-electron chi connectivity index (χ3n) is 2.60. The van der Waals surface area contributed by atoms with E-state index in [0.717, 1.165) is 6.42 Å². The summed E-state index contributed by atoms with van der Waals surface area (Å²) in [6.45, 7) is 2.55. The van der Waals surface area contributed by atoms with Crippen LogP contribution in [0.5, 0.6) is 5.75 Å². The molecule has 1 rings (SSSR count). The van der Waals surface area contributed by atoms with Crippen molar-refractivity contribution in [3.63, 3.8) is 0 Å². The molecule has 4 N–H and O–H groups in total. The second-order valence-electron chi connectivity index (χ2n) is 4.41. The Morgan fingerprint density at radius 2 is 1.90 bits per heavy atom. The van der Waals surface area contributed by atoms with E-state index in [1.54, 1.807) is 12.1 Å². The summed E-state index contributed by atoms with van der Waals surface area (Å²) in [4.78, 5) is 33.6. The van der Waals surface area contributed by atoms with Crippen LogP contribution in [0.4, 0.5) is 0 Å². The van der Waals surface area contributed by atoms with Crippen molar-refractivity contribution in [2.24, 2.45) is 5.73 Å². The molecule has 1 aromatic carbocycles. The monoisotopic (exact) mass is 294 g/mol. The number of ether oxygens (including phenoxy) is 1. The molecule has 7 heteroatoms. The maximum absolute atomic E-state index is 11.9. The van der Waals surface area contributed by atoms with Crippen molar-refractivity contribution in [3.8, 4) is 5.75 Å². The summed E-state index contributed by atoms with van der Waals surface area (Å²) in [7, 11) is 0. The van der Waals surface area contributed by atoms with Gasteiger partial charge in [0.2, 0.25) is 5.91 Å². The molecule has 0 aromatic heterocycles. The number of aliphatic carboxylic acids is 1. The van der Waals surface area contributed by atoms with Crippen molar-refractivity contribution in [1.29, 1.82) is 0 Å². The van der Waals surface area contributed by atoms with Gasteiger partial charge in [0.1, 0.15) is 11.8 Å². The number of carboxylic acid groups (broad SMARTS) is 1. The topological polar surface area (TPSA) is 119 Å². The van der Waals surface area contributed by atoms with Gasteiger partial charge in [-0.25, -0.2) is 4.79 Å². The second-order valence-corrected chi connectivity index (χ2v) is 4.41. The fourth-order valence-corrected chi connectivity index (χ4v) is 1.57. The summed E-state index contributed by atoms with van der Waals surface area (Å²) < 4.78 is 5.37. The zero-order chi connectivity index (χ0) is 15.8. The van der Waals surface area contributed by atoms with E-state index in [0.29, 0.717) is 12.4 Å². The van der Waals surface area contributed by atoms with Gasteiger partial charge in [-0.1, -0.05) is 6.92 Å². The van der Waals surface area contributed by atoms with Crippen LogP contribution in [0.1, 0.15) is 30.1 Å². The van der Waals surface area contributed by atoms with Crippen LogP contribution in [0.15, 0.2) is 24.3 Å². The average molecular weight is 294 g/mol. The number of hydrogen-bond acceptors (Lipinski definition) is 4. The Kier molecular flexibility index (Phi) is 6.19. The molecule has 0 aliphatic rings. The number of benzene rings is 1. The van der Waals surface area contributed by atoms with E-state index in [4.69, 9.17) is 15.6 Å². The fraction of sp³-hybridized carbons (Fsp3) is 0.357. The number of carboxylic acids is 1. The lowest BCUT2D eigenvalue weighted by atomic mass is 10.1. The largest absolute Gasteiger partial charge is 0.494 e.